The molecule has 0 N–H and O–H groups in total. The minimum absolute atomic E-state index is 0.457. The van der Waals surface area contributed by atoms with Gasteiger partial charge in [-0.2, -0.15) is 5.26 Å². The lowest BCUT2D eigenvalue weighted by molar-refractivity contribution is 0.603. The summed E-state index contributed by atoms with van der Waals surface area (Å²) in [6, 6.07) is 17.0. The summed E-state index contributed by atoms with van der Waals surface area (Å²) in [7, 11) is 0. The Hall–Kier alpha value is -1.54. The molecule has 2 rings (SSSR count). The fourth-order valence-electron chi connectivity index (χ4n) is 1.62. The average Bonchev–Trinajstić information content (AvgIpc) is 2.47. The van der Waals surface area contributed by atoms with E-state index in [0.717, 1.165) is 15.6 Å². The molecule has 0 radical (unpaired) electrons. The van der Waals surface area contributed by atoms with Crippen LogP contribution in [0.25, 0.3) is 6.08 Å². The van der Waals surface area contributed by atoms with Crippen molar-refractivity contribution in [2.75, 3.05) is 0 Å². The third kappa shape index (κ3) is 4.53. The number of nitriles is 1. The van der Waals surface area contributed by atoms with Gasteiger partial charge >= 0.3 is 0 Å². The van der Waals surface area contributed by atoms with Gasteiger partial charge in [0, 0.05) is 10.0 Å². The average molecular weight is 346 g/mol. The van der Waals surface area contributed by atoms with E-state index in [-0.39, 0.29) is 0 Å². The van der Waals surface area contributed by atoms with Gasteiger partial charge in [-0.05, 0) is 47.1 Å². The van der Waals surface area contributed by atoms with Crippen LogP contribution in [0.2, 0.25) is 0 Å². The number of halogens is 1. The van der Waals surface area contributed by atoms with E-state index in [1.807, 2.05) is 42.5 Å². The molecule has 4 heteroatoms. The van der Waals surface area contributed by atoms with Crippen molar-refractivity contribution in [3.05, 3.63) is 75.1 Å². The molecule has 1 unspecified atom stereocenters. The third-order valence-electron chi connectivity index (χ3n) is 2.67. The van der Waals surface area contributed by atoms with Gasteiger partial charge in [0.25, 0.3) is 0 Å². The molecule has 0 aromatic heterocycles. The molecule has 0 heterocycles. The van der Waals surface area contributed by atoms with Crippen LogP contribution in [0, 0.1) is 11.3 Å². The zero-order valence-corrected chi connectivity index (χ0v) is 13.0. The molecule has 0 aliphatic rings. The predicted octanol–water partition coefficient (Wildman–Crippen LogP) is 4.24. The van der Waals surface area contributed by atoms with Gasteiger partial charge in [-0.15, -0.1) is 0 Å². The fourth-order valence-corrected chi connectivity index (χ4v) is 2.81. The van der Waals surface area contributed by atoms with Gasteiger partial charge < -0.3 is 4.55 Å². The maximum absolute atomic E-state index is 12.0. The number of hydrogen-bond donors (Lipinski definition) is 0. The first kappa shape index (κ1) is 14.9. The van der Waals surface area contributed by atoms with Crippen molar-refractivity contribution in [1.82, 2.24) is 0 Å². The molecule has 0 saturated carbocycles. The Balaban J connectivity index is 1.96. The Morgan fingerprint density at radius 3 is 2.35 bits per heavy atom. The van der Waals surface area contributed by atoms with Crippen LogP contribution in [-0.4, -0.2) is 4.55 Å². The topological polar surface area (TPSA) is 46.8 Å². The van der Waals surface area contributed by atoms with Crippen LogP contribution in [0.3, 0.4) is 0 Å². The van der Waals surface area contributed by atoms with E-state index in [4.69, 9.17) is 5.26 Å². The van der Waals surface area contributed by atoms with Crippen LogP contribution in [0.5, 0.6) is 0 Å². The summed E-state index contributed by atoms with van der Waals surface area (Å²) in [6.45, 7) is 0. The summed E-state index contributed by atoms with van der Waals surface area (Å²) in [5.74, 6) is 0.457. The molecule has 2 nitrogen and oxygen atoms in total. The first-order chi connectivity index (χ1) is 9.67. The number of nitrogens with zero attached hydrogens (tertiary/aromatic N) is 1. The Bertz CT molecular complexity index is 629. The summed E-state index contributed by atoms with van der Waals surface area (Å²) in [6.07, 6.45) is 1.85. The van der Waals surface area contributed by atoms with E-state index in [0.29, 0.717) is 11.3 Å². The molecule has 0 aliphatic carbocycles. The normalized spacial score (nSPS) is 12.2. The van der Waals surface area contributed by atoms with Crippen molar-refractivity contribution < 1.29 is 4.55 Å². The molecular formula is C16H12BrNOS. The largest absolute Gasteiger partial charge is 0.612 e. The molecule has 1 atom stereocenters. The van der Waals surface area contributed by atoms with Gasteiger partial charge in [-0.1, -0.05) is 40.2 Å². The Labute approximate surface area is 130 Å². The lowest BCUT2D eigenvalue weighted by atomic mass is 10.2. The van der Waals surface area contributed by atoms with Crippen molar-refractivity contribution >= 4 is 33.2 Å². The van der Waals surface area contributed by atoms with Crippen molar-refractivity contribution in [3.63, 3.8) is 0 Å². The van der Waals surface area contributed by atoms with Crippen LogP contribution in [0.4, 0.5) is 0 Å². The fraction of sp³-hybridized carbons (Fsp3) is 0.0625. The molecule has 0 fully saturated rings. The molecule has 20 heavy (non-hydrogen) atoms. The molecule has 100 valence electrons. The minimum Gasteiger partial charge on any atom is -0.612 e. The zero-order valence-electron chi connectivity index (χ0n) is 10.6. The summed E-state index contributed by atoms with van der Waals surface area (Å²) in [5, 5.41) is 10.4. The summed E-state index contributed by atoms with van der Waals surface area (Å²) < 4.78 is 13.0. The van der Waals surface area contributed by atoms with Crippen molar-refractivity contribution in [1.29, 1.82) is 5.26 Å². The molecule has 0 bridgehead atoms. The van der Waals surface area contributed by atoms with E-state index < -0.39 is 11.2 Å². The van der Waals surface area contributed by atoms with Gasteiger partial charge in [-0.25, -0.2) is 0 Å². The van der Waals surface area contributed by atoms with Crippen LogP contribution in [-0.2, 0) is 16.9 Å². The van der Waals surface area contributed by atoms with Gasteiger partial charge in [0.2, 0.25) is 0 Å². The van der Waals surface area contributed by atoms with E-state index in [1.165, 1.54) is 0 Å². The lowest BCUT2D eigenvalue weighted by Gasteiger charge is -2.05. The molecule has 2 aromatic carbocycles. The van der Waals surface area contributed by atoms with Gasteiger partial charge in [0.05, 0.1) is 11.6 Å². The second-order valence-corrected chi connectivity index (χ2v) is 6.43. The molecule has 0 saturated heterocycles. The summed E-state index contributed by atoms with van der Waals surface area (Å²) in [4.78, 5) is 0. The van der Waals surface area contributed by atoms with Crippen molar-refractivity contribution in [2.45, 2.75) is 5.75 Å². The van der Waals surface area contributed by atoms with Gasteiger partial charge in [0.15, 0.2) is 0 Å². The highest BCUT2D eigenvalue weighted by Crippen LogP contribution is 2.14. The van der Waals surface area contributed by atoms with Crippen LogP contribution in [0.1, 0.15) is 16.7 Å². The second-order valence-electron chi connectivity index (χ2n) is 4.19. The Morgan fingerprint density at radius 2 is 1.75 bits per heavy atom. The van der Waals surface area contributed by atoms with Gasteiger partial charge in [-0.3, -0.25) is 0 Å². The standard InChI is InChI=1S/C16H12BrNOS/c17-16-7-5-13(6-8-16)9-10-20(19)12-15-3-1-14(11-18)2-4-15/h1-10H,12H2. The highest BCUT2D eigenvalue weighted by Gasteiger charge is 2.04. The summed E-state index contributed by atoms with van der Waals surface area (Å²) in [5.41, 5.74) is 2.59. The smallest absolute Gasteiger partial charge is 0.135 e. The van der Waals surface area contributed by atoms with Gasteiger partial charge in [0.1, 0.15) is 11.2 Å². The van der Waals surface area contributed by atoms with Crippen LogP contribution in [0.15, 0.2) is 58.4 Å². The van der Waals surface area contributed by atoms with Crippen LogP contribution >= 0.6 is 15.9 Å². The van der Waals surface area contributed by atoms with E-state index in [1.54, 1.807) is 17.5 Å². The molecule has 2 aromatic rings. The Kier molecular flexibility index (Phi) is 5.42. The maximum Gasteiger partial charge on any atom is 0.135 e. The highest BCUT2D eigenvalue weighted by molar-refractivity contribution is 9.10. The predicted molar refractivity (Wildman–Crippen MR) is 86.2 cm³/mol. The minimum atomic E-state index is -1.06. The molecule has 0 amide bonds. The van der Waals surface area contributed by atoms with Crippen molar-refractivity contribution in [2.24, 2.45) is 0 Å². The highest BCUT2D eigenvalue weighted by atomic mass is 79.9. The molecule has 0 aliphatic heterocycles. The zero-order chi connectivity index (χ0) is 14.4. The Morgan fingerprint density at radius 1 is 1.10 bits per heavy atom. The number of benzene rings is 2. The van der Waals surface area contributed by atoms with Crippen LogP contribution < -0.4 is 0 Å². The summed E-state index contributed by atoms with van der Waals surface area (Å²) >= 11 is 2.31. The van der Waals surface area contributed by atoms with Crippen molar-refractivity contribution in [3.8, 4) is 6.07 Å². The quantitative estimate of drug-likeness (QED) is 0.778. The third-order valence-corrected chi connectivity index (χ3v) is 4.26. The first-order valence-corrected chi connectivity index (χ1v) is 8.15. The lowest BCUT2D eigenvalue weighted by Crippen LogP contribution is -1.99. The van der Waals surface area contributed by atoms with E-state index in [9.17, 15) is 4.55 Å². The number of rotatable bonds is 4. The van der Waals surface area contributed by atoms with E-state index >= 15 is 0 Å². The second kappa shape index (κ2) is 7.30. The number of hydrogen-bond acceptors (Lipinski definition) is 2. The van der Waals surface area contributed by atoms with E-state index in [2.05, 4.69) is 22.0 Å². The SMILES string of the molecule is N#Cc1ccc(C[S+]([O-])C=Cc2ccc(Br)cc2)cc1. The molecular weight excluding hydrogens is 334 g/mol. The monoisotopic (exact) mass is 345 g/mol. The molecule has 0 spiro atoms. The first-order valence-electron chi connectivity index (χ1n) is 5.97. The maximum atomic E-state index is 12.0.